The molecule has 9 heteroatoms. The zero-order chi connectivity index (χ0) is 20.9. The van der Waals surface area contributed by atoms with Gasteiger partial charge in [-0.05, 0) is 42.2 Å². The van der Waals surface area contributed by atoms with E-state index in [1.54, 1.807) is 16.8 Å². The quantitative estimate of drug-likeness (QED) is 0.577. The van der Waals surface area contributed by atoms with Crippen LogP contribution >= 0.6 is 23.4 Å². The average Bonchev–Trinajstić information content (AvgIpc) is 3.44. The lowest BCUT2D eigenvalue weighted by Crippen LogP contribution is -2.53. The van der Waals surface area contributed by atoms with Crippen molar-refractivity contribution in [1.82, 2.24) is 20.2 Å². The first kappa shape index (κ1) is 19.4. The predicted molar refractivity (Wildman–Crippen MR) is 116 cm³/mol. The Morgan fingerprint density at radius 3 is 3.10 bits per heavy atom. The lowest BCUT2D eigenvalue weighted by molar-refractivity contribution is -0.122. The van der Waals surface area contributed by atoms with Crippen LogP contribution in [0.2, 0.25) is 0 Å². The van der Waals surface area contributed by atoms with Gasteiger partial charge in [-0.2, -0.15) is 5.10 Å². The van der Waals surface area contributed by atoms with E-state index in [-0.39, 0.29) is 18.3 Å². The number of nitrogens with two attached hydrogens (primary N) is 1. The van der Waals surface area contributed by atoms with Crippen LogP contribution < -0.4 is 16.4 Å². The second kappa shape index (κ2) is 7.30. The van der Waals surface area contributed by atoms with Gasteiger partial charge in [0.1, 0.15) is 5.82 Å². The van der Waals surface area contributed by atoms with Crippen LogP contribution in [0.25, 0.3) is 11.2 Å². The van der Waals surface area contributed by atoms with Crippen molar-refractivity contribution in [2.75, 3.05) is 6.54 Å². The number of carbonyl (C=O) groups is 1. The molecule has 1 aliphatic heterocycles. The molecule has 2 unspecified atom stereocenters. The summed E-state index contributed by atoms with van der Waals surface area (Å²) in [5.41, 5.74) is 9.04. The van der Waals surface area contributed by atoms with Crippen LogP contribution in [0, 0.1) is 5.82 Å². The first-order valence-electron chi connectivity index (χ1n) is 9.58. The molecular weight excluding hydrogens is 425 g/mol. The number of thioether (sulfide) groups is 1. The van der Waals surface area contributed by atoms with Gasteiger partial charge in [0.25, 0.3) is 5.91 Å². The minimum Gasteiger partial charge on any atom is -0.363 e. The fourth-order valence-electron chi connectivity index (χ4n) is 4.24. The van der Waals surface area contributed by atoms with Crippen molar-refractivity contribution in [1.29, 1.82) is 0 Å². The van der Waals surface area contributed by atoms with Gasteiger partial charge in [-0.25, -0.2) is 8.91 Å². The maximum absolute atomic E-state index is 14.2. The highest BCUT2D eigenvalue weighted by atomic mass is 35.5. The van der Waals surface area contributed by atoms with E-state index in [0.717, 1.165) is 16.6 Å². The number of amides is 1. The molecule has 3 heterocycles. The van der Waals surface area contributed by atoms with Crippen LogP contribution in [-0.4, -0.2) is 27.4 Å². The predicted octanol–water partition coefficient (Wildman–Crippen LogP) is 2.92. The first-order valence-corrected chi connectivity index (χ1v) is 10.8. The number of fused-ring (bicyclic) bond motifs is 2. The number of aromatic nitrogens is 2. The molecule has 2 aromatic heterocycles. The minimum atomic E-state index is -0.781. The monoisotopic (exact) mass is 443 g/mol. The van der Waals surface area contributed by atoms with Crippen molar-refractivity contribution in [3.63, 3.8) is 0 Å². The zero-order valence-corrected chi connectivity index (χ0v) is 17.4. The molecule has 0 fully saturated rings. The molecule has 3 aromatic rings. The van der Waals surface area contributed by atoms with E-state index >= 15 is 0 Å². The molecule has 6 nitrogen and oxygen atoms in total. The van der Waals surface area contributed by atoms with Crippen molar-refractivity contribution in [2.45, 2.75) is 23.8 Å². The summed E-state index contributed by atoms with van der Waals surface area (Å²) >= 11 is 7.72. The molecule has 4 N–H and O–H groups in total. The Balaban J connectivity index is 1.38. The Bertz CT molecular complexity index is 1200. The van der Waals surface area contributed by atoms with Crippen LogP contribution in [0.4, 0.5) is 4.39 Å². The highest BCUT2D eigenvalue weighted by Gasteiger charge is 2.42. The smallest absolute Gasteiger partial charge is 0.254 e. The number of carbonyl (C=O) groups excluding carboxylic acids is 1. The summed E-state index contributed by atoms with van der Waals surface area (Å²) in [6.07, 6.45) is 4.67. The van der Waals surface area contributed by atoms with Crippen LogP contribution in [0.3, 0.4) is 0 Å². The molecule has 1 aliphatic carbocycles. The average molecular weight is 444 g/mol. The first-order chi connectivity index (χ1) is 14.5. The maximum atomic E-state index is 14.2. The summed E-state index contributed by atoms with van der Waals surface area (Å²) in [5.74, 6) is -0.502. The van der Waals surface area contributed by atoms with Crippen molar-refractivity contribution in [3.05, 3.63) is 75.7 Å². The summed E-state index contributed by atoms with van der Waals surface area (Å²) in [5, 5.41) is 10.00. The van der Waals surface area contributed by atoms with Crippen molar-refractivity contribution >= 4 is 40.5 Å². The summed E-state index contributed by atoms with van der Waals surface area (Å²) in [6.45, 7) is 0.189. The number of hydrogen-bond donors (Lipinski definition) is 3. The third-order valence-electron chi connectivity index (χ3n) is 5.77. The molecule has 0 saturated carbocycles. The molecule has 2 aliphatic rings. The molecule has 0 spiro atoms. The topological polar surface area (TPSA) is 84.4 Å². The van der Waals surface area contributed by atoms with E-state index in [0.29, 0.717) is 28.5 Å². The molecule has 1 amide bonds. The number of nitrogens with one attached hydrogen (secondary N) is 2. The molecule has 0 radical (unpaired) electrons. The largest absolute Gasteiger partial charge is 0.363 e. The SMILES string of the molecule is NCC1(NC(=O)C2NC(c3cnn4ccccc34)=C(Cl)S2)CCc2c(F)cccc21. The van der Waals surface area contributed by atoms with Crippen LogP contribution in [0.5, 0.6) is 0 Å². The minimum absolute atomic E-state index is 0.189. The van der Waals surface area contributed by atoms with Gasteiger partial charge in [-0.1, -0.05) is 41.6 Å². The zero-order valence-electron chi connectivity index (χ0n) is 15.9. The molecule has 154 valence electrons. The molecule has 30 heavy (non-hydrogen) atoms. The van der Waals surface area contributed by atoms with E-state index in [1.165, 1.54) is 17.8 Å². The van der Waals surface area contributed by atoms with Gasteiger partial charge in [0.15, 0.2) is 5.37 Å². The Labute approximate surface area is 181 Å². The van der Waals surface area contributed by atoms with Crippen LogP contribution in [0.15, 0.2) is 53.2 Å². The highest BCUT2D eigenvalue weighted by Crippen LogP contribution is 2.41. The van der Waals surface area contributed by atoms with Gasteiger partial charge in [0.05, 0.1) is 27.3 Å². The van der Waals surface area contributed by atoms with E-state index in [9.17, 15) is 9.18 Å². The number of pyridine rings is 1. The van der Waals surface area contributed by atoms with E-state index in [4.69, 9.17) is 17.3 Å². The van der Waals surface area contributed by atoms with E-state index in [2.05, 4.69) is 15.7 Å². The number of rotatable bonds is 4. The van der Waals surface area contributed by atoms with Gasteiger partial charge in [0, 0.05) is 18.3 Å². The van der Waals surface area contributed by atoms with Gasteiger partial charge in [-0.15, -0.1) is 0 Å². The molecule has 1 aromatic carbocycles. The molecule has 2 atom stereocenters. The van der Waals surface area contributed by atoms with Gasteiger partial charge < -0.3 is 16.4 Å². The van der Waals surface area contributed by atoms with E-state index in [1.807, 2.05) is 30.5 Å². The Kier molecular flexibility index (Phi) is 4.72. The third-order valence-corrected chi connectivity index (χ3v) is 7.21. The second-order valence-corrected chi connectivity index (χ2v) is 9.14. The number of nitrogens with zero attached hydrogens (tertiary/aromatic N) is 2. The number of hydrogen-bond acceptors (Lipinski definition) is 5. The molecule has 0 bridgehead atoms. The molecular formula is C21H19ClFN5OS. The van der Waals surface area contributed by atoms with Gasteiger partial charge in [0.2, 0.25) is 0 Å². The summed E-state index contributed by atoms with van der Waals surface area (Å²) in [6, 6.07) is 10.7. The van der Waals surface area contributed by atoms with Crippen molar-refractivity contribution < 1.29 is 9.18 Å². The molecule has 5 rings (SSSR count). The summed E-state index contributed by atoms with van der Waals surface area (Å²) in [7, 11) is 0. The fraction of sp³-hybridized carbons (Fsp3) is 0.238. The number of halogens is 2. The summed E-state index contributed by atoms with van der Waals surface area (Å²) in [4.78, 5) is 13.1. The lowest BCUT2D eigenvalue weighted by atomic mass is 9.91. The van der Waals surface area contributed by atoms with Crippen molar-refractivity contribution in [3.8, 4) is 0 Å². The second-order valence-electron chi connectivity index (χ2n) is 7.42. The number of benzene rings is 1. The van der Waals surface area contributed by atoms with Crippen LogP contribution in [0.1, 0.15) is 23.1 Å². The van der Waals surface area contributed by atoms with E-state index < -0.39 is 10.9 Å². The summed E-state index contributed by atoms with van der Waals surface area (Å²) < 4.78 is 16.4. The van der Waals surface area contributed by atoms with Crippen LogP contribution in [-0.2, 0) is 16.8 Å². The Hall–Kier alpha value is -2.55. The Morgan fingerprint density at radius 1 is 1.40 bits per heavy atom. The Morgan fingerprint density at radius 2 is 2.27 bits per heavy atom. The lowest BCUT2D eigenvalue weighted by Gasteiger charge is -2.31. The maximum Gasteiger partial charge on any atom is 0.254 e. The molecule has 0 saturated heterocycles. The normalized spacial score (nSPS) is 23.0. The van der Waals surface area contributed by atoms with Gasteiger partial charge >= 0.3 is 0 Å². The highest BCUT2D eigenvalue weighted by molar-refractivity contribution is 8.06. The van der Waals surface area contributed by atoms with Crippen molar-refractivity contribution in [2.24, 2.45) is 5.73 Å². The third kappa shape index (κ3) is 2.98. The van der Waals surface area contributed by atoms with Gasteiger partial charge in [-0.3, -0.25) is 4.79 Å². The fourth-order valence-corrected chi connectivity index (χ4v) is 5.50. The standard InChI is InChI=1S/C21H19ClFN5OS/c22-18-17(13-10-25-28-9-2-1-6-16(13)28)26-20(30-18)19(29)27-21(11-24)8-7-12-14(21)4-3-5-15(12)23/h1-6,9-10,20,26H,7-8,11,24H2,(H,27,29).